The predicted octanol–water partition coefficient (Wildman–Crippen LogP) is 1.17. The van der Waals surface area contributed by atoms with Crippen LogP contribution in [0, 0.1) is 0 Å². The smallest absolute Gasteiger partial charge is 0.233 e. The lowest BCUT2D eigenvalue weighted by atomic mass is 10.3. The van der Waals surface area contributed by atoms with Crippen molar-refractivity contribution in [1.82, 2.24) is 4.90 Å². The molecule has 2 rings (SSSR count). The third-order valence-electron chi connectivity index (χ3n) is 2.65. The van der Waals surface area contributed by atoms with Gasteiger partial charge in [0.2, 0.25) is 6.35 Å². The van der Waals surface area contributed by atoms with Crippen molar-refractivity contribution in [3.8, 4) is 0 Å². The van der Waals surface area contributed by atoms with E-state index in [4.69, 9.17) is 18.0 Å². The molecule has 1 aliphatic heterocycles. The molecule has 0 bridgehead atoms. The average molecular weight is 280 g/mol. The molecule has 1 aromatic carbocycles. The van der Waals surface area contributed by atoms with E-state index in [2.05, 4.69) is 4.99 Å². The molecule has 1 aliphatic rings. The van der Waals surface area contributed by atoms with Crippen LogP contribution in [0.5, 0.6) is 0 Å². The maximum Gasteiger partial charge on any atom is 0.233 e. The standard InChI is InChI=1S/C12H13FN4OS/c1-16(8-5-3-2-4-6-8)12(19)17-7-9(13)10(14)15-11(17)18/h2-7,11,18H,1H3,(H2,14,15). The van der Waals surface area contributed by atoms with E-state index in [1.54, 1.807) is 11.9 Å². The number of aliphatic hydroxyl groups is 1. The quantitative estimate of drug-likeness (QED) is 0.756. The molecule has 0 aromatic heterocycles. The molecular formula is C12H13FN4OS. The summed E-state index contributed by atoms with van der Waals surface area (Å²) in [6.07, 6.45) is -0.285. The first kappa shape index (κ1) is 13.4. The second kappa shape index (κ2) is 5.33. The van der Waals surface area contributed by atoms with E-state index >= 15 is 0 Å². The number of aliphatic hydroxyl groups excluding tert-OH is 1. The fraction of sp³-hybridized carbons (Fsp3) is 0.167. The number of nitrogens with zero attached hydrogens (tertiary/aromatic N) is 3. The van der Waals surface area contributed by atoms with E-state index in [9.17, 15) is 9.50 Å². The first-order valence-corrected chi connectivity index (χ1v) is 5.91. The molecule has 3 N–H and O–H groups in total. The number of thiocarbonyl (C=S) groups is 1. The largest absolute Gasteiger partial charge is 0.381 e. The third kappa shape index (κ3) is 2.72. The minimum absolute atomic E-state index is 0.213. The molecular weight excluding hydrogens is 267 g/mol. The lowest BCUT2D eigenvalue weighted by Crippen LogP contribution is -2.46. The van der Waals surface area contributed by atoms with E-state index < -0.39 is 12.2 Å². The summed E-state index contributed by atoms with van der Waals surface area (Å²) < 4.78 is 13.4. The van der Waals surface area contributed by atoms with E-state index in [0.717, 1.165) is 16.8 Å². The number of anilines is 1. The van der Waals surface area contributed by atoms with Gasteiger partial charge < -0.3 is 15.7 Å². The van der Waals surface area contributed by atoms with E-state index in [1.807, 2.05) is 30.3 Å². The SMILES string of the molecule is CN(C(=S)N1C=C(F)C(N)=NC1O)c1ccccc1. The molecule has 7 heteroatoms. The molecule has 19 heavy (non-hydrogen) atoms. The van der Waals surface area contributed by atoms with Crippen LogP contribution in [0.25, 0.3) is 0 Å². The van der Waals surface area contributed by atoms with Crippen LogP contribution in [-0.4, -0.2) is 34.4 Å². The summed E-state index contributed by atoms with van der Waals surface area (Å²) in [7, 11) is 1.72. The third-order valence-corrected chi connectivity index (χ3v) is 3.14. The Morgan fingerprint density at radius 1 is 1.47 bits per heavy atom. The number of halogens is 1. The van der Waals surface area contributed by atoms with Gasteiger partial charge in [-0.3, -0.25) is 4.90 Å². The highest BCUT2D eigenvalue weighted by Gasteiger charge is 2.25. The molecule has 0 radical (unpaired) electrons. The van der Waals surface area contributed by atoms with Gasteiger partial charge in [0, 0.05) is 12.7 Å². The minimum atomic E-state index is -1.32. The van der Waals surface area contributed by atoms with Gasteiger partial charge in [-0.2, -0.15) is 0 Å². The average Bonchev–Trinajstić information content (AvgIpc) is 2.42. The summed E-state index contributed by atoms with van der Waals surface area (Å²) in [5, 5.41) is 9.97. The molecule has 0 spiro atoms. The highest BCUT2D eigenvalue weighted by atomic mass is 32.1. The molecule has 0 saturated carbocycles. The summed E-state index contributed by atoms with van der Waals surface area (Å²) in [6, 6.07) is 9.28. The van der Waals surface area contributed by atoms with Crippen molar-refractivity contribution in [2.24, 2.45) is 10.7 Å². The van der Waals surface area contributed by atoms with Gasteiger partial charge in [-0.15, -0.1) is 0 Å². The molecule has 0 fully saturated rings. The maximum atomic E-state index is 13.4. The van der Waals surface area contributed by atoms with Gasteiger partial charge >= 0.3 is 0 Å². The molecule has 1 aromatic rings. The first-order chi connectivity index (χ1) is 9.00. The monoisotopic (exact) mass is 280 g/mol. The van der Waals surface area contributed by atoms with E-state index in [1.165, 1.54) is 0 Å². The Morgan fingerprint density at radius 3 is 2.74 bits per heavy atom. The van der Waals surface area contributed by atoms with Crippen LogP contribution < -0.4 is 10.6 Å². The summed E-state index contributed by atoms with van der Waals surface area (Å²) >= 11 is 5.22. The van der Waals surface area contributed by atoms with Gasteiger partial charge in [0.05, 0.1) is 6.20 Å². The Balaban J connectivity index is 2.21. The Labute approximate surface area is 115 Å². The van der Waals surface area contributed by atoms with Gasteiger partial charge in [-0.1, -0.05) is 18.2 Å². The van der Waals surface area contributed by atoms with Crippen molar-refractivity contribution in [2.75, 3.05) is 11.9 Å². The second-order valence-corrected chi connectivity index (χ2v) is 4.29. The number of aliphatic imine (C=N–C) groups is 1. The van der Waals surface area contributed by atoms with Crippen LogP contribution in [0.2, 0.25) is 0 Å². The molecule has 1 atom stereocenters. The van der Waals surface area contributed by atoms with Crippen molar-refractivity contribution in [1.29, 1.82) is 0 Å². The van der Waals surface area contributed by atoms with Crippen LogP contribution in [0.3, 0.4) is 0 Å². The fourth-order valence-corrected chi connectivity index (χ4v) is 1.84. The molecule has 100 valence electrons. The summed E-state index contributed by atoms with van der Waals surface area (Å²) in [4.78, 5) is 6.33. The number of rotatable bonds is 1. The van der Waals surface area contributed by atoms with E-state index in [-0.39, 0.29) is 10.9 Å². The Kier molecular flexibility index (Phi) is 3.77. The summed E-state index contributed by atoms with van der Waals surface area (Å²) in [6.45, 7) is 0. The first-order valence-electron chi connectivity index (χ1n) is 5.51. The Hall–Kier alpha value is -1.99. The van der Waals surface area contributed by atoms with Crippen LogP contribution >= 0.6 is 12.2 Å². The normalized spacial score (nSPS) is 18.7. The lowest BCUT2D eigenvalue weighted by Gasteiger charge is -2.32. The summed E-state index contributed by atoms with van der Waals surface area (Å²) in [5.41, 5.74) is 6.10. The van der Waals surface area contributed by atoms with Crippen molar-refractivity contribution >= 4 is 28.9 Å². The molecule has 0 amide bonds. The van der Waals surface area contributed by atoms with Crippen molar-refractivity contribution in [2.45, 2.75) is 6.35 Å². The van der Waals surface area contributed by atoms with Gasteiger partial charge in [-0.25, -0.2) is 9.38 Å². The van der Waals surface area contributed by atoms with Crippen LogP contribution in [-0.2, 0) is 0 Å². The molecule has 0 aliphatic carbocycles. The number of hydrogen-bond acceptors (Lipinski definition) is 4. The number of benzene rings is 1. The minimum Gasteiger partial charge on any atom is -0.381 e. The number of para-hydroxylation sites is 1. The number of hydrogen-bond donors (Lipinski definition) is 2. The zero-order valence-corrected chi connectivity index (χ0v) is 11.0. The van der Waals surface area contributed by atoms with E-state index in [0.29, 0.717) is 0 Å². The Morgan fingerprint density at radius 2 is 2.11 bits per heavy atom. The Bertz CT molecular complexity index is 546. The zero-order chi connectivity index (χ0) is 14.0. The van der Waals surface area contributed by atoms with Crippen molar-refractivity contribution in [3.05, 3.63) is 42.4 Å². The molecule has 0 saturated heterocycles. The van der Waals surface area contributed by atoms with Crippen LogP contribution in [0.1, 0.15) is 0 Å². The maximum absolute atomic E-state index is 13.4. The van der Waals surface area contributed by atoms with Gasteiger partial charge in [-0.05, 0) is 24.4 Å². The van der Waals surface area contributed by atoms with Gasteiger partial charge in [0.15, 0.2) is 16.8 Å². The summed E-state index contributed by atoms with van der Waals surface area (Å²) in [5.74, 6) is -1.07. The molecule has 1 heterocycles. The lowest BCUT2D eigenvalue weighted by molar-refractivity contribution is 0.0875. The number of amidine groups is 1. The number of nitrogens with two attached hydrogens (primary N) is 1. The van der Waals surface area contributed by atoms with Gasteiger partial charge in [0.1, 0.15) is 0 Å². The highest BCUT2D eigenvalue weighted by molar-refractivity contribution is 7.80. The predicted molar refractivity (Wildman–Crippen MR) is 76.1 cm³/mol. The highest BCUT2D eigenvalue weighted by Crippen LogP contribution is 2.18. The topological polar surface area (TPSA) is 65.1 Å². The molecule has 1 unspecified atom stereocenters. The fourth-order valence-electron chi connectivity index (χ4n) is 1.59. The molecule has 5 nitrogen and oxygen atoms in total. The van der Waals surface area contributed by atoms with Crippen molar-refractivity contribution in [3.63, 3.8) is 0 Å². The van der Waals surface area contributed by atoms with Gasteiger partial charge in [0.25, 0.3) is 0 Å². The van der Waals surface area contributed by atoms with Crippen LogP contribution in [0.4, 0.5) is 10.1 Å². The second-order valence-electron chi connectivity index (χ2n) is 3.92. The zero-order valence-electron chi connectivity index (χ0n) is 10.2. The van der Waals surface area contributed by atoms with Crippen molar-refractivity contribution < 1.29 is 9.50 Å². The van der Waals surface area contributed by atoms with Crippen LogP contribution in [0.15, 0.2) is 47.4 Å².